The lowest BCUT2D eigenvalue weighted by Gasteiger charge is -2.43. The molecule has 3 rings (SSSR count). The normalized spacial score (nSPS) is 23.9. The number of nitrogens with zero attached hydrogens (tertiary/aromatic N) is 2. The fraction of sp³-hybridized carbons (Fsp3) is 0.816. The van der Waals surface area contributed by atoms with Crippen LogP contribution in [0.5, 0.6) is 0 Å². The van der Waals surface area contributed by atoms with Crippen LogP contribution in [0.15, 0.2) is 12.7 Å². The van der Waals surface area contributed by atoms with Crippen molar-refractivity contribution in [2.75, 3.05) is 25.9 Å². The number of rotatable bonds is 17. The lowest BCUT2D eigenvalue weighted by atomic mass is 9.70. The predicted molar refractivity (Wildman–Crippen MR) is 203 cm³/mol. The Morgan fingerprint density at radius 3 is 2.15 bits per heavy atom. The van der Waals surface area contributed by atoms with Gasteiger partial charge in [-0.15, -0.1) is 6.58 Å². The van der Waals surface area contributed by atoms with E-state index in [1.807, 2.05) is 27.7 Å². The molecule has 1 heterocycles. The highest BCUT2D eigenvalue weighted by Crippen LogP contribution is 2.65. The number of piperidine rings is 1. The number of carbonyl (C=O) groups excluding carboxylic acids is 5. The molecule has 2 saturated carbocycles. The first-order chi connectivity index (χ1) is 24.0. The molecule has 296 valence electrons. The van der Waals surface area contributed by atoms with Gasteiger partial charge in [0.25, 0.3) is 5.91 Å². The SMILES string of the molecule is C=CCNC(=O)C(=O)C(CCCC)NC(=O)[C@@H]1[C@@H]2[C@H](CN1C(=O)[C@@H](NC(=O)N[C@H](CS(=O)(=O)N(C)C(C)(C)C)C(C)C)C1(C)CCCCC1)C2(C)C. The third kappa shape index (κ3) is 9.95. The molecule has 1 unspecified atom stereocenters. The molecule has 5 amide bonds. The number of Topliss-reactive ketones (excluding diaryl/α,β-unsaturated/α-hetero) is 1. The molecule has 13 nitrogen and oxygen atoms in total. The van der Waals surface area contributed by atoms with Gasteiger partial charge in [-0.25, -0.2) is 13.2 Å². The van der Waals surface area contributed by atoms with Crippen LogP contribution in [0, 0.1) is 28.6 Å². The number of likely N-dealkylation sites (tertiary alicyclic amines) is 1. The van der Waals surface area contributed by atoms with E-state index in [0.29, 0.717) is 25.8 Å². The Morgan fingerprint density at radius 1 is 1.00 bits per heavy atom. The van der Waals surface area contributed by atoms with E-state index in [4.69, 9.17) is 0 Å². The number of sulfonamides is 1. The van der Waals surface area contributed by atoms with Crippen LogP contribution in [0.25, 0.3) is 0 Å². The Balaban J connectivity index is 1.91. The second-order valence-corrected chi connectivity index (χ2v) is 19.5. The van der Waals surface area contributed by atoms with Crippen LogP contribution in [-0.4, -0.2) is 103 Å². The van der Waals surface area contributed by atoms with Gasteiger partial charge >= 0.3 is 6.03 Å². The first-order valence-electron chi connectivity index (χ1n) is 19.1. The van der Waals surface area contributed by atoms with E-state index in [0.717, 1.165) is 25.7 Å². The third-order valence-corrected chi connectivity index (χ3v) is 14.1. The average Bonchev–Trinajstić information content (AvgIpc) is 3.37. The molecule has 2 aliphatic carbocycles. The number of ketones is 1. The van der Waals surface area contributed by atoms with Gasteiger partial charge in [-0.3, -0.25) is 19.2 Å². The van der Waals surface area contributed by atoms with E-state index >= 15 is 0 Å². The van der Waals surface area contributed by atoms with Crippen LogP contribution >= 0.6 is 0 Å². The van der Waals surface area contributed by atoms with Crippen molar-refractivity contribution in [3.8, 4) is 0 Å². The Bertz CT molecular complexity index is 1450. The number of carbonyl (C=O) groups is 5. The van der Waals surface area contributed by atoms with Gasteiger partial charge in [0, 0.05) is 31.7 Å². The van der Waals surface area contributed by atoms with Crippen molar-refractivity contribution in [1.29, 1.82) is 0 Å². The van der Waals surface area contributed by atoms with Gasteiger partial charge in [0.1, 0.15) is 12.1 Å². The summed E-state index contributed by atoms with van der Waals surface area (Å²) in [6.45, 7) is 21.2. The van der Waals surface area contributed by atoms with Crippen molar-refractivity contribution < 1.29 is 32.4 Å². The predicted octanol–water partition coefficient (Wildman–Crippen LogP) is 3.74. The van der Waals surface area contributed by atoms with E-state index in [-0.39, 0.29) is 47.8 Å². The monoisotopic (exact) mass is 750 g/mol. The molecule has 0 aromatic heterocycles. The Morgan fingerprint density at radius 2 is 1.62 bits per heavy atom. The summed E-state index contributed by atoms with van der Waals surface area (Å²) in [5.41, 5.74) is -1.47. The lowest BCUT2D eigenvalue weighted by molar-refractivity contribution is -0.146. The molecule has 52 heavy (non-hydrogen) atoms. The molecule has 3 aliphatic rings. The smallest absolute Gasteiger partial charge is 0.315 e. The lowest BCUT2D eigenvalue weighted by Crippen LogP contribution is -2.63. The van der Waals surface area contributed by atoms with Gasteiger partial charge in [-0.1, -0.05) is 79.7 Å². The zero-order chi connectivity index (χ0) is 39.4. The third-order valence-electron chi connectivity index (χ3n) is 12.0. The summed E-state index contributed by atoms with van der Waals surface area (Å²) in [6.07, 6.45) is 7.28. The first-order valence-corrected chi connectivity index (χ1v) is 20.7. The quantitative estimate of drug-likeness (QED) is 0.130. The summed E-state index contributed by atoms with van der Waals surface area (Å²) in [6, 6.07) is -4.29. The molecule has 0 radical (unpaired) electrons. The van der Waals surface area contributed by atoms with E-state index in [1.165, 1.54) is 17.4 Å². The van der Waals surface area contributed by atoms with E-state index in [9.17, 15) is 32.4 Å². The van der Waals surface area contributed by atoms with Gasteiger partial charge in [0.15, 0.2) is 0 Å². The maximum Gasteiger partial charge on any atom is 0.315 e. The van der Waals surface area contributed by atoms with Gasteiger partial charge in [-0.2, -0.15) is 4.31 Å². The van der Waals surface area contributed by atoms with E-state index < -0.39 is 68.8 Å². The molecule has 3 fully saturated rings. The number of amides is 5. The van der Waals surface area contributed by atoms with Crippen LogP contribution in [0.2, 0.25) is 0 Å². The molecular formula is C38H66N6O7S. The highest BCUT2D eigenvalue weighted by atomic mass is 32.2. The Kier molecular flexibility index (Phi) is 14.2. The van der Waals surface area contributed by atoms with Crippen LogP contribution in [-0.2, 0) is 29.2 Å². The van der Waals surface area contributed by atoms with Crippen molar-refractivity contribution in [2.45, 2.75) is 143 Å². The minimum Gasteiger partial charge on any atom is -0.346 e. The summed E-state index contributed by atoms with van der Waals surface area (Å²) < 4.78 is 28.0. The molecule has 1 saturated heterocycles. The Hall–Kier alpha value is -3.00. The number of hydrogen-bond acceptors (Lipinski definition) is 7. The largest absolute Gasteiger partial charge is 0.346 e. The fourth-order valence-electron chi connectivity index (χ4n) is 8.00. The van der Waals surface area contributed by atoms with Crippen LogP contribution in [0.3, 0.4) is 0 Å². The minimum absolute atomic E-state index is 0.0526. The van der Waals surface area contributed by atoms with Crippen molar-refractivity contribution in [1.82, 2.24) is 30.5 Å². The molecule has 0 aromatic carbocycles. The van der Waals surface area contributed by atoms with Crippen LogP contribution in [0.1, 0.15) is 114 Å². The maximum absolute atomic E-state index is 14.8. The van der Waals surface area contributed by atoms with Gasteiger partial charge in [0.05, 0.1) is 11.8 Å². The van der Waals surface area contributed by atoms with Crippen LogP contribution < -0.4 is 21.3 Å². The summed E-state index contributed by atoms with van der Waals surface area (Å²) in [4.78, 5) is 70.2. The highest BCUT2D eigenvalue weighted by Gasteiger charge is 2.70. The van der Waals surface area contributed by atoms with Gasteiger partial charge in [-0.05, 0) is 68.6 Å². The highest BCUT2D eigenvalue weighted by molar-refractivity contribution is 7.89. The van der Waals surface area contributed by atoms with E-state index in [1.54, 1.807) is 25.7 Å². The molecule has 1 aliphatic heterocycles. The zero-order valence-corrected chi connectivity index (χ0v) is 34.1. The van der Waals surface area contributed by atoms with Gasteiger partial charge < -0.3 is 26.2 Å². The molecule has 4 N–H and O–H groups in total. The molecule has 6 atom stereocenters. The number of unbranched alkanes of at least 4 members (excludes halogenated alkanes) is 1. The summed E-state index contributed by atoms with van der Waals surface area (Å²) >= 11 is 0. The molecule has 0 spiro atoms. The summed E-state index contributed by atoms with van der Waals surface area (Å²) in [7, 11) is -2.21. The number of nitrogens with one attached hydrogen (secondary N) is 4. The van der Waals surface area contributed by atoms with E-state index in [2.05, 4.69) is 41.7 Å². The molecule has 14 heteroatoms. The van der Waals surface area contributed by atoms with Crippen molar-refractivity contribution in [2.24, 2.45) is 28.6 Å². The number of hydrogen-bond donors (Lipinski definition) is 4. The summed E-state index contributed by atoms with van der Waals surface area (Å²) in [5, 5.41) is 11.2. The summed E-state index contributed by atoms with van der Waals surface area (Å²) in [5.74, 6) is -3.04. The first kappa shape index (κ1) is 43.4. The number of urea groups is 1. The van der Waals surface area contributed by atoms with Crippen molar-refractivity contribution in [3.63, 3.8) is 0 Å². The fourth-order valence-corrected chi connectivity index (χ4v) is 9.98. The topological polar surface area (TPSA) is 174 Å². The number of fused-ring (bicyclic) bond motifs is 1. The Labute approximate surface area is 312 Å². The standard InChI is InChI=1S/C38H66N6O7S/c1-12-14-18-26(30(45)33(47)39-21-13-2)40-32(46)29-28-25(37(28,8)9)22-44(29)34(48)31(38(10)19-16-15-17-20-38)42-35(49)41-27(24(3)4)23-52(50,51)43(11)36(5,6)7/h13,24-29,31H,2,12,14-23H2,1,3-11H3,(H,39,47)(H,40,46)(H2,41,42,49)/t25-,26?,27+,28-,29-,31+/m0/s1. The average molecular weight is 751 g/mol. The van der Waals surface area contributed by atoms with Gasteiger partial charge in [0.2, 0.25) is 27.6 Å². The second-order valence-electron chi connectivity index (χ2n) is 17.5. The molecular weight excluding hydrogens is 685 g/mol. The minimum atomic E-state index is -3.74. The molecule has 0 bridgehead atoms. The van der Waals surface area contributed by atoms with Crippen molar-refractivity contribution >= 4 is 39.6 Å². The zero-order valence-electron chi connectivity index (χ0n) is 33.3. The maximum atomic E-state index is 14.8. The van der Waals surface area contributed by atoms with Crippen molar-refractivity contribution in [3.05, 3.63) is 12.7 Å². The van der Waals surface area contributed by atoms with Crippen LogP contribution in [0.4, 0.5) is 4.79 Å². The molecule has 0 aromatic rings. The second kappa shape index (κ2) is 17.0.